The van der Waals surface area contributed by atoms with Crippen LogP contribution in [0.5, 0.6) is 0 Å². The van der Waals surface area contributed by atoms with Crippen molar-refractivity contribution in [2.75, 3.05) is 24.5 Å². The summed E-state index contributed by atoms with van der Waals surface area (Å²) >= 11 is 0. The molecule has 0 aromatic carbocycles. The van der Waals surface area contributed by atoms with E-state index in [0.29, 0.717) is 6.04 Å². The third kappa shape index (κ3) is 2.46. The number of aromatic nitrogens is 5. The number of anilines is 1. The van der Waals surface area contributed by atoms with E-state index in [1.54, 1.807) is 6.20 Å². The Bertz CT molecular complexity index is 518. The molecule has 0 bridgehead atoms. The summed E-state index contributed by atoms with van der Waals surface area (Å²) in [6.45, 7) is 7.08. The second-order valence-electron chi connectivity index (χ2n) is 4.98. The molecule has 1 fully saturated rings. The van der Waals surface area contributed by atoms with Gasteiger partial charge in [0, 0.05) is 38.1 Å². The number of aromatic amines is 1. The van der Waals surface area contributed by atoms with Crippen molar-refractivity contribution in [2.24, 2.45) is 0 Å². The summed E-state index contributed by atoms with van der Waals surface area (Å²) in [6, 6.07) is 2.45. The Morgan fingerprint density at radius 3 is 3.11 bits per heavy atom. The Balaban J connectivity index is 1.76. The van der Waals surface area contributed by atoms with Gasteiger partial charge < -0.3 is 10.2 Å². The number of nitrogens with one attached hydrogen (secondary N) is 2. The number of rotatable bonds is 3. The van der Waals surface area contributed by atoms with Crippen LogP contribution in [0.3, 0.4) is 0 Å². The molecule has 2 unspecified atom stereocenters. The smallest absolute Gasteiger partial charge is 0.244 e. The molecule has 0 radical (unpaired) electrons. The lowest BCUT2D eigenvalue weighted by molar-refractivity contribution is 0.479. The predicted octanol–water partition coefficient (Wildman–Crippen LogP) is 0.409. The van der Waals surface area contributed by atoms with Crippen molar-refractivity contribution in [3.8, 4) is 0 Å². The highest BCUT2D eigenvalue weighted by Crippen LogP contribution is 2.16. The van der Waals surface area contributed by atoms with Gasteiger partial charge in [0.15, 0.2) is 5.82 Å². The molecule has 0 amide bonds. The number of hydrogen-bond donors (Lipinski definition) is 2. The van der Waals surface area contributed by atoms with Gasteiger partial charge in [0.1, 0.15) is 6.04 Å². The van der Waals surface area contributed by atoms with Crippen LogP contribution in [0.15, 0.2) is 18.5 Å². The fraction of sp³-hybridized carbons (Fsp3) is 0.583. The maximum atomic E-state index is 4.59. The van der Waals surface area contributed by atoms with Gasteiger partial charge in [0.2, 0.25) is 5.95 Å². The monoisotopic (exact) mass is 261 g/mol. The van der Waals surface area contributed by atoms with Gasteiger partial charge in [0.25, 0.3) is 0 Å². The van der Waals surface area contributed by atoms with Crippen LogP contribution < -0.4 is 10.2 Å². The minimum Gasteiger partial charge on any atom is -0.337 e. The highest BCUT2D eigenvalue weighted by Gasteiger charge is 2.21. The van der Waals surface area contributed by atoms with Crippen LogP contribution >= 0.6 is 0 Å². The molecule has 1 saturated heterocycles. The Labute approximate surface area is 112 Å². The van der Waals surface area contributed by atoms with E-state index in [9.17, 15) is 0 Å². The van der Waals surface area contributed by atoms with Crippen molar-refractivity contribution in [2.45, 2.75) is 25.9 Å². The fourth-order valence-corrected chi connectivity index (χ4v) is 2.34. The largest absolute Gasteiger partial charge is 0.337 e. The lowest BCUT2D eigenvalue weighted by Gasteiger charge is -2.30. The van der Waals surface area contributed by atoms with Crippen LogP contribution in [0.4, 0.5) is 5.95 Å². The van der Waals surface area contributed by atoms with E-state index in [2.05, 4.69) is 44.3 Å². The first-order chi connectivity index (χ1) is 9.24. The zero-order valence-electron chi connectivity index (χ0n) is 11.2. The van der Waals surface area contributed by atoms with E-state index in [4.69, 9.17) is 0 Å². The zero-order chi connectivity index (χ0) is 13.2. The fourth-order valence-electron chi connectivity index (χ4n) is 2.34. The summed E-state index contributed by atoms with van der Waals surface area (Å²) in [5.41, 5.74) is 0. The molecule has 2 N–H and O–H groups in total. The van der Waals surface area contributed by atoms with Crippen molar-refractivity contribution >= 4 is 5.95 Å². The third-order valence-electron chi connectivity index (χ3n) is 3.46. The van der Waals surface area contributed by atoms with Crippen LogP contribution in [-0.4, -0.2) is 50.6 Å². The molecule has 3 rings (SSSR count). The summed E-state index contributed by atoms with van der Waals surface area (Å²) in [5, 5.41) is 15.0. The second-order valence-corrected chi connectivity index (χ2v) is 4.98. The van der Waals surface area contributed by atoms with Crippen molar-refractivity contribution in [3.63, 3.8) is 0 Å². The first kappa shape index (κ1) is 12.2. The second kappa shape index (κ2) is 5.00. The Kier molecular flexibility index (Phi) is 3.20. The summed E-state index contributed by atoms with van der Waals surface area (Å²) in [6.07, 6.45) is 3.70. The number of nitrogens with zero attached hydrogens (tertiary/aromatic N) is 5. The van der Waals surface area contributed by atoms with Gasteiger partial charge >= 0.3 is 0 Å². The minimum absolute atomic E-state index is 0.0663. The molecule has 7 heteroatoms. The van der Waals surface area contributed by atoms with Crippen molar-refractivity contribution in [1.82, 2.24) is 30.3 Å². The quantitative estimate of drug-likeness (QED) is 0.837. The molecule has 0 aliphatic carbocycles. The topological polar surface area (TPSA) is 74.7 Å². The van der Waals surface area contributed by atoms with E-state index in [-0.39, 0.29) is 6.04 Å². The molecule has 7 nitrogen and oxygen atoms in total. The van der Waals surface area contributed by atoms with Crippen LogP contribution in [0, 0.1) is 0 Å². The number of hydrogen-bond acceptors (Lipinski definition) is 5. The van der Waals surface area contributed by atoms with E-state index < -0.39 is 0 Å². The van der Waals surface area contributed by atoms with Gasteiger partial charge in [-0.15, -0.1) is 5.10 Å². The highest BCUT2D eigenvalue weighted by atomic mass is 15.4. The molecular weight excluding hydrogens is 242 g/mol. The number of piperazine rings is 1. The molecule has 102 valence electrons. The van der Waals surface area contributed by atoms with Crippen molar-refractivity contribution in [3.05, 3.63) is 24.3 Å². The average Bonchev–Trinajstić information content (AvgIpc) is 3.10. The minimum atomic E-state index is 0.0663. The van der Waals surface area contributed by atoms with Crippen LogP contribution in [0.2, 0.25) is 0 Å². The first-order valence-corrected chi connectivity index (χ1v) is 6.64. The molecular formula is C12H19N7. The standard InChI is InChI=1S/C12H19N7/c1-9-8-18(7-5-13-9)12-15-11(16-17-12)10(2)19-6-3-4-14-19/h3-4,6,9-10,13H,5,7-8H2,1-2H3,(H,15,16,17). The molecule has 2 aromatic rings. The van der Waals surface area contributed by atoms with Crippen molar-refractivity contribution < 1.29 is 0 Å². The first-order valence-electron chi connectivity index (χ1n) is 6.64. The zero-order valence-corrected chi connectivity index (χ0v) is 11.2. The summed E-state index contributed by atoms with van der Waals surface area (Å²) in [5.74, 6) is 1.62. The maximum Gasteiger partial charge on any atom is 0.244 e. The van der Waals surface area contributed by atoms with Gasteiger partial charge in [-0.25, -0.2) is 0 Å². The molecule has 3 heterocycles. The van der Waals surface area contributed by atoms with Gasteiger partial charge in [-0.05, 0) is 19.9 Å². The lowest BCUT2D eigenvalue weighted by Crippen LogP contribution is -2.49. The van der Waals surface area contributed by atoms with E-state index >= 15 is 0 Å². The molecule has 0 spiro atoms. The van der Waals surface area contributed by atoms with Crippen LogP contribution in [0.25, 0.3) is 0 Å². The van der Waals surface area contributed by atoms with E-state index in [1.165, 1.54) is 0 Å². The Morgan fingerprint density at radius 1 is 1.47 bits per heavy atom. The average molecular weight is 261 g/mol. The van der Waals surface area contributed by atoms with Gasteiger partial charge in [-0.3, -0.25) is 9.78 Å². The van der Waals surface area contributed by atoms with E-state index in [1.807, 2.05) is 16.9 Å². The Hall–Kier alpha value is -1.89. The van der Waals surface area contributed by atoms with Crippen LogP contribution in [-0.2, 0) is 0 Å². The van der Waals surface area contributed by atoms with Crippen LogP contribution in [0.1, 0.15) is 25.7 Å². The molecule has 0 saturated carbocycles. The molecule has 19 heavy (non-hydrogen) atoms. The maximum absolute atomic E-state index is 4.59. The van der Waals surface area contributed by atoms with Gasteiger partial charge in [0.05, 0.1) is 0 Å². The molecule has 1 aliphatic rings. The predicted molar refractivity (Wildman–Crippen MR) is 72.1 cm³/mol. The Morgan fingerprint density at radius 2 is 2.37 bits per heavy atom. The normalized spacial score (nSPS) is 21.6. The third-order valence-corrected chi connectivity index (χ3v) is 3.46. The highest BCUT2D eigenvalue weighted by molar-refractivity contribution is 5.30. The number of H-pyrrole nitrogens is 1. The molecule has 2 aromatic heterocycles. The van der Waals surface area contributed by atoms with Gasteiger partial charge in [-0.2, -0.15) is 10.1 Å². The van der Waals surface area contributed by atoms with Crippen molar-refractivity contribution in [1.29, 1.82) is 0 Å². The summed E-state index contributed by atoms with van der Waals surface area (Å²) in [4.78, 5) is 6.80. The molecule has 1 aliphatic heterocycles. The van der Waals surface area contributed by atoms with Gasteiger partial charge in [-0.1, -0.05) is 0 Å². The lowest BCUT2D eigenvalue weighted by atomic mass is 10.2. The molecule has 2 atom stereocenters. The summed E-state index contributed by atoms with van der Waals surface area (Å²) < 4.78 is 1.87. The SMILES string of the molecule is CC1CN(c2n[nH]c(C(C)n3cccn3)n2)CCN1. The van der Waals surface area contributed by atoms with E-state index in [0.717, 1.165) is 31.4 Å². The summed E-state index contributed by atoms with van der Waals surface area (Å²) in [7, 11) is 0.